The molecule has 1 aliphatic heterocycles. The zero-order chi connectivity index (χ0) is 10.2. The molecule has 0 saturated carbocycles. The van der Waals surface area contributed by atoms with Crippen LogP contribution in [0, 0.1) is 0 Å². The van der Waals surface area contributed by atoms with Gasteiger partial charge in [0.1, 0.15) is 0 Å². The van der Waals surface area contributed by atoms with E-state index < -0.39 is 0 Å². The average molecular weight is 199 g/mol. The van der Waals surface area contributed by atoms with E-state index in [4.69, 9.17) is 0 Å². The van der Waals surface area contributed by atoms with E-state index in [-0.39, 0.29) is 0 Å². The number of unbranched alkanes of at least 4 members (excludes halogenated alkanes) is 2. The Hall–Kier alpha value is -0.120. The van der Waals surface area contributed by atoms with Crippen molar-refractivity contribution in [2.75, 3.05) is 39.8 Å². The van der Waals surface area contributed by atoms with Gasteiger partial charge in [-0.15, -0.1) is 0 Å². The van der Waals surface area contributed by atoms with E-state index in [1.807, 2.05) is 0 Å². The van der Waals surface area contributed by atoms with E-state index in [0.717, 1.165) is 13.1 Å². The fourth-order valence-corrected chi connectivity index (χ4v) is 1.90. The number of rotatable bonds is 6. The van der Waals surface area contributed by atoms with Crippen LogP contribution in [0.2, 0.25) is 0 Å². The largest absolute Gasteiger partial charge is 0.315 e. The Morgan fingerprint density at radius 3 is 3.00 bits per heavy atom. The number of likely N-dealkylation sites (N-methyl/N-ethyl adjacent to an activating group) is 1. The monoisotopic (exact) mass is 199 g/mol. The Labute approximate surface area is 88.2 Å². The summed E-state index contributed by atoms with van der Waals surface area (Å²) < 4.78 is 0. The van der Waals surface area contributed by atoms with E-state index in [2.05, 4.69) is 29.5 Å². The average Bonchev–Trinajstić information content (AvgIpc) is 2.18. The normalized spacial score (nSPS) is 24.0. The lowest BCUT2D eigenvalue weighted by atomic mass is 10.2. The molecule has 1 aliphatic rings. The van der Waals surface area contributed by atoms with Gasteiger partial charge in [0.25, 0.3) is 0 Å². The predicted molar refractivity (Wildman–Crippen MR) is 61.7 cm³/mol. The molecule has 1 rings (SSSR count). The molecule has 84 valence electrons. The molecule has 0 spiro atoms. The molecule has 3 nitrogen and oxygen atoms in total. The maximum absolute atomic E-state index is 3.54. The third-order valence-corrected chi connectivity index (χ3v) is 2.81. The zero-order valence-corrected chi connectivity index (χ0v) is 9.68. The number of nitrogens with one attached hydrogen (secondary N) is 2. The summed E-state index contributed by atoms with van der Waals surface area (Å²) in [6, 6.07) is 0.648. The van der Waals surface area contributed by atoms with Gasteiger partial charge in [-0.1, -0.05) is 19.8 Å². The van der Waals surface area contributed by atoms with Crippen LogP contribution in [0.4, 0.5) is 0 Å². The van der Waals surface area contributed by atoms with E-state index in [0.29, 0.717) is 6.04 Å². The van der Waals surface area contributed by atoms with E-state index >= 15 is 0 Å². The second-order valence-corrected chi connectivity index (χ2v) is 4.32. The van der Waals surface area contributed by atoms with Crippen molar-refractivity contribution in [3.8, 4) is 0 Å². The van der Waals surface area contributed by atoms with Crippen molar-refractivity contribution < 1.29 is 0 Å². The lowest BCUT2D eigenvalue weighted by Gasteiger charge is -2.31. The minimum Gasteiger partial charge on any atom is -0.315 e. The van der Waals surface area contributed by atoms with Crippen molar-refractivity contribution in [3.05, 3.63) is 0 Å². The molecular weight excluding hydrogens is 174 g/mol. The summed E-state index contributed by atoms with van der Waals surface area (Å²) in [5, 5.41) is 7.06. The summed E-state index contributed by atoms with van der Waals surface area (Å²) in [5.74, 6) is 0. The van der Waals surface area contributed by atoms with Gasteiger partial charge in [-0.2, -0.15) is 0 Å². The molecule has 3 heteroatoms. The van der Waals surface area contributed by atoms with Crippen LogP contribution in [0.25, 0.3) is 0 Å². The smallest absolute Gasteiger partial charge is 0.0320 e. The molecule has 14 heavy (non-hydrogen) atoms. The fraction of sp³-hybridized carbons (Fsp3) is 1.00. The topological polar surface area (TPSA) is 27.3 Å². The van der Waals surface area contributed by atoms with Crippen LogP contribution in [-0.2, 0) is 0 Å². The SMILES string of the molecule is CCCCCNCC1CN(C)CCN1. The molecule has 2 N–H and O–H groups in total. The fourth-order valence-electron chi connectivity index (χ4n) is 1.90. The van der Waals surface area contributed by atoms with Crippen LogP contribution in [-0.4, -0.2) is 50.7 Å². The molecular formula is C11H25N3. The van der Waals surface area contributed by atoms with Crippen molar-refractivity contribution in [2.45, 2.75) is 32.2 Å². The molecule has 0 aromatic heterocycles. The van der Waals surface area contributed by atoms with Gasteiger partial charge in [0, 0.05) is 32.2 Å². The number of nitrogens with zero attached hydrogens (tertiary/aromatic N) is 1. The van der Waals surface area contributed by atoms with Gasteiger partial charge < -0.3 is 15.5 Å². The van der Waals surface area contributed by atoms with Crippen molar-refractivity contribution in [2.24, 2.45) is 0 Å². The van der Waals surface area contributed by atoms with Gasteiger partial charge in [0.05, 0.1) is 0 Å². The molecule has 0 aromatic carbocycles. The Bertz CT molecular complexity index is 138. The number of hydrogen-bond acceptors (Lipinski definition) is 3. The molecule has 0 amide bonds. The van der Waals surface area contributed by atoms with E-state index in [9.17, 15) is 0 Å². The molecule has 1 unspecified atom stereocenters. The van der Waals surface area contributed by atoms with Crippen LogP contribution in [0.15, 0.2) is 0 Å². The third kappa shape index (κ3) is 4.94. The van der Waals surface area contributed by atoms with E-state index in [1.54, 1.807) is 0 Å². The Kier molecular flexibility index (Phi) is 6.15. The van der Waals surface area contributed by atoms with Crippen LogP contribution < -0.4 is 10.6 Å². The maximum Gasteiger partial charge on any atom is 0.0320 e. The van der Waals surface area contributed by atoms with Crippen LogP contribution in [0.3, 0.4) is 0 Å². The molecule has 1 saturated heterocycles. The highest BCUT2D eigenvalue weighted by molar-refractivity contribution is 4.78. The van der Waals surface area contributed by atoms with Crippen molar-refractivity contribution >= 4 is 0 Å². The first-order valence-electron chi connectivity index (χ1n) is 5.95. The second-order valence-electron chi connectivity index (χ2n) is 4.32. The van der Waals surface area contributed by atoms with E-state index in [1.165, 1.54) is 38.9 Å². The standard InChI is InChI=1S/C11H25N3/c1-3-4-5-6-12-9-11-10-14(2)8-7-13-11/h11-13H,3-10H2,1-2H3. The first kappa shape index (κ1) is 12.0. The molecule has 0 radical (unpaired) electrons. The minimum atomic E-state index is 0.648. The first-order chi connectivity index (χ1) is 6.83. The van der Waals surface area contributed by atoms with Gasteiger partial charge in [-0.05, 0) is 20.0 Å². The summed E-state index contributed by atoms with van der Waals surface area (Å²) >= 11 is 0. The number of hydrogen-bond donors (Lipinski definition) is 2. The van der Waals surface area contributed by atoms with Crippen LogP contribution >= 0.6 is 0 Å². The van der Waals surface area contributed by atoms with Gasteiger partial charge in [0.15, 0.2) is 0 Å². The lowest BCUT2D eigenvalue weighted by molar-refractivity contribution is 0.235. The van der Waals surface area contributed by atoms with Gasteiger partial charge >= 0.3 is 0 Å². The van der Waals surface area contributed by atoms with Gasteiger partial charge in [-0.25, -0.2) is 0 Å². The highest BCUT2D eigenvalue weighted by Gasteiger charge is 2.14. The maximum atomic E-state index is 3.54. The molecule has 1 heterocycles. The van der Waals surface area contributed by atoms with Crippen molar-refractivity contribution in [1.29, 1.82) is 0 Å². The van der Waals surface area contributed by atoms with Crippen LogP contribution in [0.1, 0.15) is 26.2 Å². The molecule has 1 fully saturated rings. The Morgan fingerprint density at radius 1 is 1.43 bits per heavy atom. The summed E-state index contributed by atoms with van der Waals surface area (Å²) in [6.07, 6.45) is 3.98. The summed E-state index contributed by atoms with van der Waals surface area (Å²) in [5.41, 5.74) is 0. The summed E-state index contributed by atoms with van der Waals surface area (Å²) in [7, 11) is 2.20. The van der Waals surface area contributed by atoms with Gasteiger partial charge in [-0.3, -0.25) is 0 Å². The summed E-state index contributed by atoms with van der Waals surface area (Å²) in [6.45, 7) is 8.05. The van der Waals surface area contributed by atoms with Crippen LogP contribution in [0.5, 0.6) is 0 Å². The molecule has 0 aromatic rings. The second kappa shape index (κ2) is 7.21. The molecule has 0 bridgehead atoms. The Morgan fingerprint density at radius 2 is 2.29 bits per heavy atom. The number of piperazine rings is 1. The highest BCUT2D eigenvalue weighted by Crippen LogP contribution is 1.95. The van der Waals surface area contributed by atoms with Crippen molar-refractivity contribution in [3.63, 3.8) is 0 Å². The van der Waals surface area contributed by atoms with Gasteiger partial charge in [0.2, 0.25) is 0 Å². The molecule has 1 atom stereocenters. The quantitative estimate of drug-likeness (QED) is 0.616. The van der Waals surface area contributed by atoms with Crippen molar-refractivity contribution in [1.82, 2.24) is 15.5 Å². The minimum absolute atomic E-state index is 0.648. The lowest BCUT2D eigenvalue weighted by Crippen LogP contribution is -2.53. The first-order valence-corrected chi connectivity index (χ1v) is 5.95. The third-order valence-electron chi connectivity index (χ3n) is 2.81. The summed E-state index contributed by atoms with van der Waals surface area (Å²) in [4.78, 5) is 2.40. The zero-order valence-electron chi connectivity index (χ0n) is 9.68. The predicted octanol–water partition coefficient (Wildman–Crippen LogP) is 0.670. The highest BCUT2D eigenvalue weighted by atomic mass is 15.2. The Balaban J connectivity index is 1.95. The molecule has 0 aliphatic carbocycles.